The average Bonchev–Trinajstić information content (AvgIpc) is 3.35. The Balaban J connectivity index is 1.19. The summed E-state index contributed by atoms with van der Waals surface area (Å²) in [4.78, 5) is 29.4. The van der Waals surface area contributed by atoms with Gasteiger partial charge in [-0.15, -0.1) is 0 Å². The Labute approximate surface area is 208 Å². The molecule has 3 aromatic carbocycles. The summed E-state index contributed by atoms with van der Waals surface area (Å²) < 4.78 is 0. The van der Waals surface area contributed by atoms with Crippen LogP contribution in [0.2, 0.25) is 0 Å². The first-order chi connectivity index (χ1) is 17.7. The van der Waals surface area contributed by atoms with Gasteiger partial charge in [0.05, 0.1) is 27.3 Å². The van der Waals surface area contributed by atoms with Crippen LogP contribution in [0.5, 0.6) is 0 Å². The molecule has 0 saturated carbocycles. The smallest absolute Gasteiger partial charge is 0.257 e. The largest absolute Gasteiger partial charge is 0.328 e. The second-order valence-corrected chi connectivity index (χ2v) is 8.88. The molecule has 5 aromatic rings. The summed E-state index contributed by atoms with van der Waals surface area (Å²) >= 11 is 0. The van der Waals surface area contributed by atoms with Crippen LogP contribution in [-0.2, 0) is 6.54 Å². The van der Waals surface area contributed by atoms with E-state index in [9.17, 15) is 4.79 Å². The number of nitrogens with one attached hydrogen (secondary N) is 2. The van der Waals surface area contributed by atoms with Crippen molar-refractivity contribution in [3.8, 4) is 22.4 Å². The van der Waals surface area contributed by atoms with E-state index in [0.717, 1.165) is 52.6 Å². The minimum absolute atomic E-state index is 0.0000943. The summed E-state index contributed by atoms with van der Waals surface area (Å²) in [6.07, 6.45) is 2.51. The lowest BCUT2D eigenvalue weighted by Gasteiger charge is -2.12. The molecule has 3 heterocycles. The second kappa shape index (κ2) is 9.68. The number of aromatic nitrogens is 2. The predicted octanol–water partition coefficient (Wildman–Crippen LogP) is 4.02. The summed E-state index contributed by atoms with van der Waals surface area (Å²) in [5.74, 6) is 0. The van der Waals surface area contributed by atoms with Crippen molar-refractivity contribution in [2.45, 2.75) is 19.1 Å². The Hall–Kier alpha value is -4.42. The number of aromatic amines is 1. The molecule has 0 unspecified atom stereocenters. The topological polar surface area (TPSA) is 82.5 Å². The summed E-state index contributed by atoms with van der Waals surface area (Å²) in [7, 11) is 0. The van der Waals surface area contributed by atoms with Gasteiger partial charge in [0.1, 0.15) is 6.17 Å². The molecule has 1 aliphatic rings. The molecule has 6 rings (SSSR count). The maximum absolute atomic E-state index is 12.4. The van der Waals surface area contributed by atoms with Crippen LogP contribution in [0.4, 0.5) is 0 Å². The highest BCUT2D eigenvalue weighted by molar-refractivity contribution is 5.91. The first-order valence-corrected chi connectivity index (χ1v) is 12.1. The Morgan fingerprint density at radius 2 is 1.53 bits per heavy atom. The third kappa shape index (κ3) is 4.46. The molecule has 1 aliphatic heterocycles. The summed E-state index contributed by atoms with van der Waals surface area (Å²) in [6.45, 7) is 1.61. The molecule has 6 heteroatoms. The van der Waals surface area contributed by atoms with Gasteiger partial charge in [-0.2, -0.15) is 0 Å². The molecule has 0 bridgehead atoms. The molecule has 6 nitrogen and oxygen atoms in total. The molecule has 2 N–H and O–H groups in total. The SMILES string of the molecule is O=c1[nH]ccc2nc(-c3ccc(CNCCC4N=c5ccccc5=N4)cc3)c(-c3ccccc3)cc12. The van der Waals surface area contributed by atoms with E-state index < -0.39 is 0 Å². The number of H-pyrrole nitrogens is 1. The van der Waals surface area contributed by atoms with E-state index >= 15 is 0 Å². The number of benzene rings is 3. The zero-order valence-electron chi connectivity index (χ0n) is 19.7. The fourth-order valence-corrected chi connectivity index (χ4v) is 4.57. The lowest BCUT2D eigenvalue weighted by Crippen LogP contribution is -2.19. The number of pyridine rings is 2. The standard InChI is InChI=1S/C30H25N5O/c36-30-24-18-23(21-6-2-1-3-7-21)29(35-25(24)14-17-32-30)22-12-10-20(11-13-22)19-31-16-15-28-33-26-8-4-5-9-27(26)34-28/h1-14,17-18,28,31H,15-16,19H2,(H,32,36). The van der Waals surface area contributed by atoms with E-state index in [1.807, 2.05) is 66.7 Å². The van der Waals surface area contributed by atoms with Gasteiger partial charge < -0.3 is 10.3 Å². The minimum Gasteiger partial charge on any atom is -0.328 e. The first-order valence-electron chi connectivity index (χ1n) is 12.1. The van der Waals surface area contributed by atoms with E-state index in [0.29, 0.717) is 10.9 Å². The first kappa shape index (κ1) is 22.1. The molecule has 36 heavy (non-hydrogen) atoms. The molecule has 2 aromatic heterocycles. The van der Waals surface area contributed by atoms with Crippen molar-refractivity contribution in [3.63, 3.8) is 0 Å². The minimum atomic E-state index is -0.132. The van der Waals surface area contributed by atoms with E-state index in [1.165, 1.54) is 5.56 Å². The number of hydrogen-bond acceptors (Lipinski definition) is 5. The van der Waals surface area contributed by atoms with E-state index in [2.05, 4.69) is 44.6 Å². The molecule has 176 valence electrons. The third-order valence-corrected chi connectivity index (χ3v) is 6.43. The van der Waals surface area contributed by atoms with Crippen LogP contribution < -0.4 is 21.6 Å². The highest BCUT2D eigenvalue weighted by Crippen LogP contribution is 2.32. The van der Waals surface area contributed by atoms with Crippen LogP contribution in [0.3, 0.4) is 0 Å². The Morgan fingerprint density at radius 3 is 2.28 bits per heavy atom. The molecule has 0 fully saturated rings. The number of fused-ring (bicyclic) bond motifs is 2. The molecule has 0 atom stereocenters. The zero-order chi connectivity index (χ0) is 24.3. The molecule has 0 spiro atoms. The second-order valence-electron chi connectivity index (χ2n) is 8.88. The third-order valence-electron chi connectivity index (χ3n) is 6.43. The predicted molar refractivity (Wildman–Crippen MR) is 142 cm³/mol. The lowest BCUT2D eigenvalue weighted by atomic mass is 9.97. The van der Waals surface area contributed by atoms with Gasteiger partial charge in [-0.25, -0.2) is 4.98 Å². The van der Waals surface area contributed by atoms with Crippen LogP contribution in [0, 0.1) is 0 Å². The summed E-state index contributed by atoms with van der Waals surface area (Å²) in [5, 5.41) is 6.07. The highest BCUT2D eigenvalue weighted by atomic mass is 16.1. The Bertz CT molecular complexity index is 1670. The molecular formula is C30H25N5O. The van der Waals surface area contributed by atoms with Crippen molar-refractivity contribution in [2.75, 3.05) is 6.54 Å². The maximum Gasteiger partial charge on any atom is 0.257 e. The Morgan fingerprint density at radius 1 is 0.806 bits per heavy atom. The van der Waals surface area contributed by atoms with Crippen molar-refractivity contribution in [1.29, 1.82) is 0 Å². The van der Waals surface area contributed by atoms with Gasteiger partial charge in [-0.1, -0.05) is 66.7 Å². The molecule has 0 aliphatic carbocycles. The van der Waals surface area contributed by atoms with Gasteiger partial charge in [-0.05, 0) is 41.9 Å². The van der Waals surface area contributed by atoms with E-state index in [-0.39, 0.29) is 11.7 Å². The van der Waals surface area contributed by atoms with Gasteiger partial charge in [0.15, 0.2) is 0 Å². The number of rotatable bonds is 7. The quantitative estimate of drug-likeness (QED) is 0.352. The van der Waals surface area contributed by atoms with Gasteiger partial charge in [0.2, 0.25) is 0 Å². The van der Waals surface area contributed by atoms with Crippen LogP contribution in [0.1, 0.15) is 12.0 Å². The maximum atomic E-state index is 12.4. The summed E-state index contributed by atoms with van der Waals surface area (Å²) in [5.41, 5.74) is 5.59. The van der Waals surface area contributed by atoms with Crippen molar-refractivity contribution in [3.05, 3.63) is 124 Å². The van der Waals surface area contributed by atoms with Crippen LogP contribution in [0.15, 0.2) is 112 Å². The van der Waals surface area contributed by atoms with Gasteiger partial charge in [0, 0.05) is 30.3 Å². The van der Waals surface area contributed by atoms with Crippen molar-refractivity contribution in [1.82, 2.24) is 15.3 Å². The number of nitrogens with zero attached hydrogens (tertiary/aromatic N) is 3. The monoisotopic (exact) mass is 471 g/mol. The zero-order valence-corrected chi connectivity index (χ0v) is 19.7. The normalized spacial score (nSPS) is 12.8. The summed E-state index contributed by atoms with van der Waals surface area (Å²) in [6, 6.07) is 30.3. The highest BCUT2D eigenvalue weighted by Gasteiger charge is 2.13. The van der Waals surface area contributed by atoms with Gasteiger partial charge >= 0.3 is 0 Å². The van der Waals surface area contributed by atoms with Crippen molar-refractivity contribution < 1.29 is 0 Å². The Kier molecular flexibility index (Phi) is 5.93. The van der Waals surface area contributed by atoms with Crippen LogP contribution in [-0.4, -0.2) is 22.7 Å². The van der Waals surface area contributed by atoms with Crippen LogP contribution >= 0.6 is 0 Å². The number of hydrogen-bond donors (Lipinski definition) is 2. The molecule has 0 saturated heterocycles. The average molecular weight is 472 g/mol. The molecule has 0 radical (unpaired) electrons. The molecule has 0 amide bonds. The number of para-hydroxylation sites is 2. The van der Waals surface area contributed by atoms with Crippen LogP contribution in [0.25, 0.3) is 33.3 Å². The fourth-order valence-electron chi connectivity index (χ4n) is 4.57. The van der Waals surface area contributed by atoms with Gasteiger partial charge in [0.25, 0.3) is 5.56 Å². The lowest BCUT2D eigenvalue weighted by molar-refractivity contribution is 0.575. The van der Waals surface area contributed by atoms with Gasteiger partial charge in [-0.3, -0.25) is 14.8 Å². The van der Waals surface area contributed by atoms with Crippen molar-refractivity contribution >= 4 is 10.9 Å². The van der Waals surface area contributed by atoms with E-state index in [4.69, 9.17) is 4.98 Å². The van der Waals surface area contributed by atoms with E-state index in [1.54, 1.807) is 6.20 Å². The van der Waals surface area contributed by atoms with Crippen molar-refractivity contribution in [2.24, 2.45) is 9.98 Å². The fraction of sp³-hybridized carbons (Fsp3) is 0.133. The molecular weight excluding hydrogens is 446 g/mol.